The molecular weight excluding hydrogens is 344 g/mol. The summed E-state index contributed by atoms with van der Waals surface area (Å²) in [6, 6.07) is 7.70. The molecule has 2 aliphatic rings. The number of amides is 3. The van der Waals surface area contributed by atoms with Crippen LogP contribution in [0, 0.1) is 5.92 Å². The lowest BCUT2D eigenvalue weighted by atomic mass is 9.97. The van der Waals surface area contributed by atoms with Gasteiger partial charge >= 0.3 is 0 Å². The van der Waals surface area contributed by atoms with Gasteiger partial charge in [0.05, 0.1) is 11.5 Å². The van der Waals surface area contributed by atoms with E-state index in [2.05, 4.69) is 10.3 Å². The number of carbonyl (C=O) groups excluding carboxylic acids is 3. The van der Waals surface area contributed by atoms with E-state index >= 15 is 0 Å². The lowest BCUT2D eigenvalue weighted by Crippen LogP contribution is -2.55. The summed E-state index contributed by atoms with van der Waals surface area (Å²) in [6.45, 7) is 3.01. The zero-order valence-electron chi connectivity index (χ0n) is 15.2. The third-order valence-electron chi connectivity index (χ3n) is 5.43. The summed E-state index contributed by atoms with van der Waals surface area (Å²) in [4.78, 5) is 43.1. The van der Waals surface area contributed by atoms with Gasteiger partial charge in [-0.25, -0.2) is 0 Å². The quantitative estimate of drug-likeness (QED) is 0.755. The summed E-state index contributed by atoms with van der Waals surface area (Å²) >= 11 is 0. The maximum atomic E-state index is 12.6. The Labute approximate surface area is 157 Å². The van der Waals surface area contributed by atoms with Gasteiger partial charge in [-0.1, -0.05) is 18.2 Å². The molecule has 142 valence electrons. The van der Waals surface area contributed by atoms with Crippen molar-refractivity contribution in [2.24, 2.45) is 5.92 Å². The van der Waals surface area contributed by atoms with E-state index in [1.54, 1.807) is 11.1 Å². The second kappa shape index (κ2) is 7.42. The second-order valence-corrected chi connectivity index (χ2v) is 7.28. The van der Waals surface area contributed by atoms with Crippen molar-refractivity contribution in [2.45, 2.75) is 19.3 Å². The van der Waals surface area contributed by atoms with E-state index in [4.69, 9.17) is 0 Å². The normalized spacial score (nSPS) is 17.4. The lowest BCUT2D eigenvalue weighted by molar-refractivity contribution is -0.128. The van der Waals surface area contributed by atoms with Crippen molar-refractivity contribution in [2.75, 3.05) is 32.7 Å². The molecule has 2 fully saturated rings. The van der Waals surface area contributed by atoms with E-state index in [0.29, 0.717) is 38.2 Å². The minimum Gasteiger partial charge on any atom is -0.360 e. The van der Waals surface area contributed by atoms with Gasteiger partial charge in [0.1, 0.15) is 0 Å². The number of benzene rings is 1. The Morgan fingerprint density at radius 2 is 2.04 bits per heavy atom. The molecule has 0 bridgehead atoms. The average Bonchev–Trinajstić information content (AvgIpc) is 3.23. The first-order valence-electron chi connectivity index (χ1n) is 9.54. The summed E-state index contributed by atoms with van der Waals surface area (Å²) < 4.78 is 0. The number of carbonyl (C=O) groups is 3. The van der Waals surface area contributed by atoms with Crippen molar-refractivity contribution in [1.29, 1.82) is 0 Å². The van der Waals surface area contributed by atoms with Crippen molar-refractivity contribution >= 4 is 28.6 Å². The zero-order chi connectivity index (χ0) is 18.8. The lowest BCUT2D eigenvalue weighted by Gasteiger charge is -2.38. The van der Waals surface area contributed by atoms with Crippen molar-refractivity contribution in [3.63, 3.8) is 0 Å². The van der Waals surface area contributed by atoms with Crippen LogP contribution in [0.5, 0.6) is 0 Å². The topological polar surface area (TPSA) is 85.5 Å². The van der Waals surface area contributed by atoms with Gasteiger partial charge in [0.25, 0.3) is 5.91 Å². The third kappa shape index (κ3) is 3.54. The molecule has 2 saturated heterocycles. The molecule has 0 spiro atoms. The molecule has 0 unspecified atom stereocenters. The first-order chi connectivity index (χ1) is 13.1. The average molecular weight is 368 g/mol. The Bertz CT molecular complexity index is 869. The van der Waals surface area contributed by atoms with E-state index in [1.165, 1.54) is 0 Å². The molecule has 7 heteroatoms. The van der Waals surface area contributed by atoms with E-state index in [0.717, 1.165) is 30.3 Å². The largest absolute Gasteiger partial charge is 0.360 e. The summed E-state index contributed by atoms with van der Waals surface area (Å²) in [7, 11) is 0. The molecule has 3 heterocycles. The number of rotatable bonds is 6. The van der Waals surface area contributed by atoms with E-state index in [9.17, 15) is 14.4 Å². The Morgan fingerprint density at radius 3 is 2.81 bits per heavy atom. The van der Waals surface area contributed by atoms with Gasteiger partial charge in [0, 0.05) is 56.2 Å². The van der Waals surface area contributed by atoms with Crippen LogP contribution in [0.15, 0.2) is 30.5 Å². The molecular formula is C20H24N4O3. The van der Waals surface area contributed by atoms with Gasteiger partial charge in [-0.3, -0.25) is 14.4 Å². The number of H-pyrrole nitrogens is 1. The van der Waals surface area contributed by atoms with Gasteiger partial charge in [-0.2, -0.15) is 0 Å². The van der Waals surface area contributed by atoms with Crippen molar-refractivity contribution in [1.82, 2.24) is 20.1 Å². The number of fused-ring (bicyclic) bond motifs is 1. The molecule has 0 aliphatic carbocycles. The van der Waals surface area contributed by atoms with Gasteiger partial charge in [-0.15, -0.1) is 0 Å². The Kier molecular flexibility index (Phi) is 4.83. The minimum atomic E-state index is -0.146. The number of aromatic nitrogens is 1. The van der Waals surface area contributed by atoms with E-state index < -0.39 is 0 Å². The molecule has 7 nitrogen and oxygen atoms in total. The highest BCUT2D eigenvalue weighted by molar-refractivity contribution is 6.07. The molecule has 3 amide bonds. The SMILES string of the molecule is O=C(NCCCN1CCCC1=O)C1CN(C(=O)c2c[nH]c3ccccc23)C1. The van der Waals surface area contributed by atoms with Crippen LogP contribution < -0.4 is 5.32 Å². The fraction of sp³-hybridized carbons (Fsp3) is 0.450. The number of aromatic amines is 1. The second-order valence-electron chi connectivity index (χ2n) is 7.28. The van der Waals surface area contributed by atoms with Crippen LogP contribution in [0.1, 0.15) is 29.6 Å². The molecule has 4 rings (SSSR count). The number of nitrogens with zero attached hydrogens (tertiary/aromatic N) is 2. The maximum Gasteiger partial charge on any atom is 0.256 e. The Morgan fingerprint density at radius 1 is 1.22 bits per heavy atom. The van der Waals surface area contributed by atoms with Crippen molar-refractivity contribution in [3.05, 3.63) is 36.0 Å². The number of likely N-dealkylation sites (tertiary alicyclic amines) is 2. The Balaban J connectivity index is 1.21. The summed E-state index contributed by atoms with van der Waals surface area (Å²) in [5, 5.41) is 3.84. The van der Waals surface area contributed by atoms with Crippen LogP contribution in [0.3, 0.4) is 0 Å². The van der Waals surface area contributed by atoms with Gasteiger partial charge < -0.3 is 20.1 Å². The number of nitrogens with one attached hydrogen (secondary N) is 2. The Hall–Kier alpha value is -2.83. The highest BCUT2D eigenvalue weighted by Crippen LogP contribution is 2.24. The number of para-hydroxylation sites is 1. The smallest absolute Gasteiger partial charge is 0.256 e. The molecule has 2 aromatic rings. The fourth-order valence-corrected chi connectivity index (χ4v) is 3.80. The van der Waals surface area contributed by atoms with Crippen molar-refractivity contribution in [3.8, 4) is 0 Å². The van der Waals surface area contributed by atoms with Gasteiger partial charge in [-0.05, 0) is 18.9 Å². The van der Waals surface area contributed by atoms with Gasteiger partial charge in [0.2, 0.25) is 11.8 Å². The van der Waals surface area contributed by atoms with Crippen LogP contribution in [-0.2, 0) is 9.59 Å². The summed E-state index contributed by atoms with van der Waals surface area (Å²) in [5.41, 5.74) is 1.59. The zero-order valence-corrected chi connectivity index (χ0v) is 15.2. The van der Waals surface area contributed by atoms with E-state index in [1.807, 2.05) is 29.2 Å². The predicted octanol–water partition coefficient (Wildman–Crippen LogP) is 1.37. The molecule has 2 N–H and O–H groups in total. The summed E-state index contributed by atoms with van der Waals surface area (Å²) in [6.07, 6.45) is 4.09. The molecule has 1 aromatic carbocycles. The van der Waals surface area contributed by atoms with Crippen LogP contribution in [0.25, 0.3) is 10.9 Å². The van der Waals surface area contributed by atoms with Crippen LogP contribution >= 0.6 is 0 Å². The summed E-state index contributed by atoms with van der Waals surface area (Å²) in [5.74, 6) is 0.0223. The third-order valence-corrected chi connectivity index (χ3v) is 5.43. The monoisotopic (exact) mass is 368 g/mol. The molecule has 0 radical (unpaired) electrons. The number of hydrogen-bond donors (Lipinski definition) is 2. The van der Waals surface area contributed by atoms with Crippen LogP contribution in [0.4, 0.5) is 0 Å². The molecule has 1 aromatic heterocycles. The van der Waals surface area contributed by atoms with Crippen molar-refractivity contribution < 1.29 is 14.4 Å². The molecule has 0 atom stereocenters. The minimum absolute atomic E-state index is 0.00859. The first-order valence-corrected chi connectivity index (χ1v) is 9.54. The van der Waals surface area contributed by atoms with Gasteiger partial charge in [0.15, 0.2) is 0 Å². The highest BCUT2D eigenvalue weighted by atomic mass is 16.2. The molecule has 27 heavy (non-hydrogen) atoms. The predicted molar refractivity (Wildman–Crippen MR) is 101 cm³/mol. The highest BCUT2D eigenvalue weighted by Gasteiger charge is 2.36. The first kappa shape index (κ1) is 17.6. The molecule has 2 aliphatic heterocycles. The van der Waals surface area contributed by atoms with Crippen LogP contribution in [-0.4, -0.2) is 65.2 Å². The molecule has 0 saturated carbocycles. The maximum absolute atomic E-state index is 12.6. The van der Waals surface area contributed by atoms with E-state index in [-0.39, 0.29) is 23.6 Å². The standard InChI is InChI=1S/C20H24N4O3/c25-18-7-3-9-23(18)10-4-8-21-19(26)14-12-24(13-14)20(27)16-11-22-17-6-2-1-5-15(16)17/h1-2,5-6,11,14,22H,3-4,7-10,12-13H2,(H,21,26). The van der Waals surface area contributed by atoms with Crippen LogP contribution in [0.2, 0.25) is 0 Å². The fourth-order valence-electron chi connectivity index (χ4n) is 3.80. The number of hydrogen-bond acceptors (Lipinski definition) is 3.